The van der Waals surface area contributed by atoms with Crippen LogP contribution in [0.4, 0.5) is 0 Å². The molecule has 0 saturated heterocycles. The lowest BCUT2D eigenvalue weighted by Crippen LogP contribution is -2.37. The molecule has 0 saturated carbocycles. The fourth-order valence-electron chi connectivity index (χ4n) is 1.57. The molecule has 1 aromatic carbocycles. The van der Waals surface area contributed by atoms with Crippen LogP contribution in [0.3, 0.4) is 0 Å². The van der Waals surface area contributed by atoms with E-state index in [4.69, 9.17) is 4.74 Å². The first kappa shape index (κ1) is 19.2. The van der Waals surface area contributed by atoms with E-state index in [1.807, 2.05) is 32.2 Å². The van der Waals surface area contributed by atoms with Gasteiger partial charge in [-0.15, -0.1) is 12.4 Å². The number of benzene rings is 1. The van der Waals surface area contributed by atoms with Crippen molar-refractivity contribution in [1.82, 2.24) is 10.6 Å². The van der Waals surface area contributed by atoms with Gasteiger partial charge in [-0.05, 0) is 67.5 Å². The Kier molecular flexibility index (Phi) is 9.63. The molecule has 4 nitrogen and oxygen atoms in total. The zero-order valence-electron chi connectivity index (χ0n) is 12.0. The van der Waals surface area contributed by atoms with E-state index in [-0.39, 0.29) is 18.3 Å². The number of aryl methyl sites for hydroxylation is 1. The fraction of sp³-hybridized carbons (Fsp3) is 0.500. The van der Waals surface area contributed by atoms with Crippen LogP contribution in [0.5, 0.6) is 5.75 Å². The van der Waals surface area contributed by atoms with Crippen molar-refractivity contribution in [3.8, 4) is 5.75 Å². The van der Waals surface area contributed by atoms with Crippen LogP contribution in [-0.4, -0.2) is 32.1 Å². The smallest absolute Gasteiger partial charge is 0.260 e. The molecule has 20 heavy (non-hydrogen) atoms. The zero-order valence-corrected chi connectivity index (χ0v) is 14.4. The van der Waals surface area contributed by atoms with E-state index >= 15 is 0 Å². The van der Waals surface area contributed by atoms with Gasteiger partial charge in [-0.3, -0.25) is 4.79 Å². The normalized spacial score (nSPS) is 11.4. The Bertz CT molecular complexity index is 430. The third-order valence-electron chi connectivity index (χ3n) is 2.66. The summed E-state index contributed by atoms with van der Waals surface area (Å²) in [6.07, 6.45) is 0.400. The molecule has 1 aromatic rings. The van der Waals surface area contributed by atoms with Crippen molar-refractivity contribution < 1.29 is 9.53 Å². The van der Waals surface area contributed by atoms with Crippen molar-refractivity contribution in [1.29, 1.82) is 0 Å². The zero-order chi connectivity index (χ0) is 14.3. The summed E-state index contributed by atoms with van der Waals surface area (Å²) >= 11 is 3.43. The summed E-state index contributed by atoms with van der Waals surface area (Å²) in [7, 11) is 1.89. The molecule has 2 N–H and O–H groups in total. The third kappa shape index (κ3) is 6.59. The van der Waals surface area contributed by atoms with Crippen molar-refractivity contribution in [2.24, 2.45) is 0 Å². The summed E-state index contributed by atoms with van der Waals surface area (Å²) in [5.41, 5.74) is 1.14. The molecule has 0 fully saturated rings. The van der Waals surface area contributed by atoms with Crippen molar-refractivity contribution in [3.63, 3.8) is 0 Å². The SMILES string of the molecule is CNCCCNC(=O)C(C)Oc1ccc(C)cc1Br.Cl. The lowest BCUT2D eigenvalue weighted by Gasteiger charge is -2.16. The van der Waals surface area contributed by atoms with E-state index in [1.54, 1.807) is 6.92 Å². The molecular formula is C14H22BrClN2O2. The van der Waals surface area contributed by atoms with Crippen LogP contribution in [0.2, 0.25) is 0 Å². The molecule has 6 heteroatoms. The van der Waals surface area contributed by atoms with Crippen LogP contribution in [0, 0.1) is 6.92 Å². The highest BCUT2D eigenvalue weighted by molar-refractivity contribution is 9.10. The Morgan fingerprint density at radius 1 is 1.40 bits per heavy atom. The predicted octanol–water partition coefficient (Wildman–Crippen LogP) is 2.67. The highest BCUT2D eigenvalue weighted by Gasteiger charge is 2.15. The van der Waals surface area contributed by atoms with E-state index in [0.29, 0.717) is 12.3 Å². The first-order valence-electron chi connectivity index (χ1n) is 6.39. The van der Waals surface area contributed by atoms with Crippen LogP contribution < -0.4 is 15.4 Å². The number of nitrogens with one attached hydrogen (secondary N) is 2. The van der Waals surface area contributed by atoms with Crippen LogP contribution in [0.15, 0.2) is 22.7 Å². The highest BCUT2D eigenvalue weighted by atomic mass is 79.9. The van der Waals surface area contributed by atoms with E-state index in [2.05, 4.69) is 26.6 Å². The number of rotatable bonds is 7. The second kappa shape index (κ2) is 10.0. The van der Waals surface area contributed by atoms with Crippen molar-refractivity contribution in [3.05, 3.63) is 28.2 Å². The van der Waals surface area contributed by atoms with Gasteiger partial charge in [-0.1, -0.05) is 6.07 Å². The lowest BCUT2D eigenvalue weighted by molar-refractivity contribution is -0.127. The van der Waals surface area contributed by atoms with E-state index in [9.17, 15) is 4.79 Å². The average Bonchev–Trinajstić information content (AvgIpc) is 2.37. The van der Waals surface area contributed by atoms with Crippen molar-refractivity contribution in [2.75, 3.05) is 20.1 Å². The van der Waals surface area contributed by atoms with Crippen LogP contribution in [-0.2, 0) is 4.79 Å². The lowest BCUT2D eigenvalue weighted by atomic mass is 10.2. The minimum Gasteiger partial charge on any atom is -0.480 e. The molecule has 0 radical (unpaired) electrons. The summed E-state index contributed by atoms with van der Waals surface area (Å²) in [4.78, 5) is 11.8. The Balaban J connectivity index is 0.00000361. The van der Waals surface area contributed by atoms with Crippen LogP contribution in [0.25, 0.3) is 0 Å². The molecule has 0 aliphatic heterocycles. The Hall–Kier alpha value is -0.780. The van der Waals surface area contributed by atoms with Gasteiger partial charge in [-0.25, -0.2) is 0 Å². The van der Waals surface area contributed by atoms with Gasteiger partial charge in [0, 0.05) is 6.54 Å². The van der Waals surface area contributed by atoms with Gasteiger partial charge in [-0.2, -0.15) is 0 Å². The third-order valence-corrected chi connectivity index (χ3v) is 3.28. The maximum absolute atomic E-state index is 11.8. The number of ether oxygens (including phenoxy) is 1. The van der Waals surface area contributed by atoms with Crippen LogP contribution >= 0.6 is 28.3 Å². The maximum atomic E-state index is 11.8. The van der Waals surface area contributed by atoms with Crippen molar-refractivity contribution in [2.45, 2.75) is 26.4 Å². The largest absolute Gasteiger partial charge is 0.480 e. The minimum atomic E-state index is -0.506. The molecule has 114 valence electrons. The summed E-state index contributed by atoms with van der Waals surface area (Å²) in [5, 5.41) is 5.88. The molecule has 0 aliphatic carbocycles. The topological polar surface area (TPSA) is 50.4 Å². The number of carbonyl (C=O) groups is 1. The fourth-order valence-corrected chi connectivity index (χ4v) is 2.15. The van der Waals surface area contributed by atoms with Crippen molar-refractivity contribution >= 4 is 34.2 Å². The quantitative estimate of drug-likeness (QED) is 0.730. The molecule has 0 bridgehead atoms. The van der Waals surface area contributed by atoms with E-state index < -0.39 is 6.10 Å². The molecule has 0 spiro atoms. The molecule has 1 unspecified atom stereocenters. The number of hydrogen-bond donors (Lipinski definition) is 2. The monoisotopic (exact) mass is 364 g/mol. The summed E-state index contributed by atoms with van der Waals surface area (Å²) in [5.74, 6) is 0.590. The molecule has 1 amide bonds. The maximum Gasteiger partial charge on any atom is 0.260 e. The predicted molar refractivity (Wildman–Crippen MR) is 87.8 cm³/mol. The van der Waals surface area contributed by atoms with Crippen LogP contribution in [0.1, 0.15) is 18.9 Å². The summed E-state index contributed by atoms with van der Waals surface area (Å²) in [6, 6.07) is 5.79. The second-order valence-electron chi connectivity index (χ2n) is 4.44. The number of amides is 1. The second-order valence-corrected chi connectivity index (χ2v) is 5.30. The number of carbonyl (C=O) groups excluding carboxylic acids is 1. The van der Waals surface area contributed by atoms with Gasteiger partial charge in [0.15, 0.2) is 6.10 Å². The Labute approximate surface area is 135 Å². The molecule has 0 heterocycles. The summed E-state index contributed by atoms with van der Waals surface area (Å²) < 4.78 is 6.51. The Morgan fingerprint density at radius 2 is 2.10 bits per heavy atom. The first-order valence-corrected chi connectivity index (χ1v) is 7.19. The van der Waals surface area contributed by atoms with Gasteiger partial charge in [0.05, 0.1) is 4.47 Å². The molecule has 1 atom stereocenters. The standard InChI is InChI=1S/C14H21BrN2O2.ClH/c1-10-5-6-13(12(15)9-10)19-11(2)14(18)17-8-4-7-16-3;/h5-6,9,11,16H,4,7-8H2,1-3H3,(H,17,18);1H. The first-order chi connectivity index (χ1) is 9.04. The van der Waals surface area contributed by atoms with Gasteiger partial charge >= 0.3 is 0 Å². The number of halogens is 2. The summed E-state index contributed by atoms with van der Waals surface area (Å²) in [6.45, 7) is 5.30. The minimum absolute atomic E-state index is 0. The van der Waals surface area contributed by atoms with E-state index in [1.165, 1.54) is 0 Å². The Morgan fingerprint density at radius 3 is 2.70 bits per heavy atom. The number of hydrogen-bond acceptors (Lipinski definition) is 3. The van der Waals surface area contributed by atoms with Gasteiger partial charge < -0.3 is 15.4 Å². The highest BCUT2D eigenvalue weighted by Crippen LogP contribution is 2.26. The molecule has 0 aromatic heterocycles. The molecule has 0 aliphatic rings. The molecular weight excluding hydrogens is 344 g/mol. The van der Waals surface area contributed by atoms with E-state index in [0.717, 1.165) is 23.0 Å². The van der Waals surface area contributed by atoms with Gasteiger partial charge in [0.25, 0.3) is 5.91 Å². The average molecular weight is 366 g/mol. The van der Waals surface area contributed by atoms with Gasteiger partial charge in [0.2, 0.25) is 0 Å². The molecule has 1 rings (SSSR count). The van der Waals surface area contributed by atoms with Gasteiger partial charge in [0.1, 0.15) is 5.75 Å².